The van der Waals surface area contributed by atoms with E-state index in [9.17, 15) is 8.42 Å². The molecule has 0 aliphatic carbocycles. The number of sulfonamides is 1. The van der Waals surface area contributed by atoms with E-state index in [2.05, 4.69) is 14.8 Å². The van der Waals surface area contributed by atoms with Gasteiger partial charge in [-0.1, -0.05) is 23.7 Å². The Morgan fingerprint density at radius 1 is 1.00 bits per heavy atom. The van der Waals surface area contributed by atoms with Crippen molar-refractivity contribution in [2.75, 3.05) is 37.6 Å². The van der Waals surface area contributed by atoms with Crippen molar-refractivity contribution in [2.45, 2.75) is 11.3 Å². The van der Waals surface area contributed by atoms with E-state index >= 15 is 0 Å². The molecule has 0 unspecified atom stereocenters. The fourth-order valence-electron chi connectivity index (χ4n) is 3.09. The summed E-state index contributed by atoms with van der Waals surface area (Å²) in [4.78, 5) is 8.95. The third-order valence-electron chi connectivity index (χ3n) is 4.72. The summed E-state index contributed by atoms with van der Waals surface area (Å²) >= 11 is 5.94. The number of hydrogen-bond donors (Lipinski definition) is 2. The van der Waals surface area contributed by atoms with Crippen molar-refractivity contribution in [1.82, 2.24) is 4.90 Å². The van der Waals surface area contributed by atoms with Gasteiger partial charge in [-0.3, -0.25) is 4.99 Å². The third-order valence-corrected chi connectivity index (χ3v) is 5.90. The van der Waals surface area contributed by atoms with E-state index in [1.54, 1.807) is 12.1 Å². The van der Waals surface area contributed by atoms with Crippen molar-refractivity contribution in [2.24, 2.45) is 15.9 Å². The Hall–Kier alpha value is -2.29. The Morgan fingerprint density at radius 2 is 1.61 bits per heavy atom. The van der Waals surface area contributed by atoms with Crippen molar-refractivity contribution in [3.05, 3.63) is 59.1 Å². The average molecular weight is 422 g/mol. The van der Waals surface area contributed by atoms with Crippen LogP contribution < -0.4 is 15.8 Å². The van der Waals surface area contributed by atoms with E-state index in [0.717, 1.165) is 42.5 Å². The Morgan fingerprint density at radius 3 is 2.18 bits per heavy atom. The van der Waals surface area contributed by atoms with E-state index in [1.165, 1.54) is 12.1 Å². The van der Waals surface area contributed by atoms with Crippen LogP contribution in [0.3, 0.4) is 0 Å². The first-order valence-corrected chi connectivity index (χ1v) is 10.9. The van der Waals surface area contributed by atoms with Crippen molar-refractivity contribution >= 4 is 33.3 Å². The van der Waals surface area contributed by atoms with Gasteiger partial charge in [-0.25, -0.2) is 13.6 Å². The summed E-state index contributed by atoms with van der Waals surface area (Å²) in [7, 11) is -3.66. The second-order valence-corrected chi connectivity index (χ2v) is 8.63. The van der Waals surface area contributed by atoms with E-state index in [1.807, 2.05) is 24.3 Å². The van der Waals surface area contributed by atoms with E-state index in [-0.39, 0.29) is 4.90 Å². The molecule has 0 radical (unpaired) electrons. The molecule has 9 heteroatoms. The topological polar surface area (TPSA) is 105 Å². The number of primary sulfonamides is 1. The number of piperazine rings is 1. The quantitative estimate of drug-likeness (QED) is 0.564. The number of benzene rings is 2. The Labute approximate surface area is 170 Å². The summed E-state index contributed by atoms with van der Waals surface area (Å²) in [6.45, 7) is 3.89. The summed E-state index contributed by atoms with van der Waals surface area (Å²) in [5.41, 5.74) is 8.28. The van der Waals surface area contributed by atoms with Crippen LogP contribution in [-0.4, -0.2) is 52.0 Å². The molecule has 0 bridgehead atoms. The number of aliphatic imine (C=N–C) groups is 1. The number of halogens is 1. The van der Waals surface area contributed by atoms with Crippen LogP contribution in [0.15, 0.2) is 58.4 Å². The SMILES string of the molecule is NC(=NCCc1ccc(S(N)(=O)=O)cc1)N1CCN(c2ccc(Cl)cc2)CC1. The second-order valence-electron chi connectivity index (χ2n) is 6.63. The van der Waals surface area contributed by atoms with E-state index < -0.39 is 10.0 Å². The van der Waals surface area contributed by atoms with Gasteiger partial charge in [0.05, 0.1) is 4.90 Å². The van der Waals surface area contributed by atoms with Gasteiger partial charge in [0.25, 0.3) is 0 Å². The number of rotatable bonds is 5. The molecule has 1 fully saturated rings. The number of nitrogens with two attached hydrogens (primary N) is 2. The monoisotopic (exact) mass is 421 g/mol. The first-order valence-electron chi connectivity index (χ1n) is 9.00. The van der Waals surface area contributed by atoms with Crippen LogP contribution in [0.1, 0.15) is 5.56 Å². The highest BCUT2D eigenvalue weighted by molar-refractivity contribution is 7.89. The highest BCUT2D eigenvalue weighted by Crippen LogP contribution is 2.19. The van der Waals surface area contributed by atoms with Crippen LogP contribution in [0.4, 0.5) is 5.69 Å². The molecule has 7 nitrogen and oxygen atoms in total. The van der Waals surface area contributed by atoms with Crippen LogP contribution in [0.2, 0.25) is 5.02 Å². The highest BCUT2D eigenvalue weighted by Gasteiger charge is 2.18. The zero-order valence-corrected chi connectivity index (χ0v) is 17.0. The number of anilines is 1. The number of hydrogen-bond acceptors (Lipinski definition) is 4. The first-order chi connectivity index (χ1) is 13.3. The standard InChI is InChI=1S/C19H24ClN5O2S/c20-16-3-5-17(6-4-16)24-11-13-25(14-12-24)19(21)23-10-9-15-1-7-18(8-2-15)28(22,26)27/h1-8H,9-14H2,(H2,21,23)(H2,22,26,27). The molecule has 0 aromatic heterocycles. The minimum absolute atomic E-state index is 0.109. The minimum atomic E-state index is -3.66. The summed E-state index contributed by atoms with van der Waals surface area (Å²) < 4.78 is 22.6. The van der Waals surface area contributed by atoms with Crippen LogP contribution in [0, 0.1) is 0 Å². The van der Waals surface area contributed by atoms with Gasteiger partial charge in [0.1, 0.15) is 0 Å². The third kappa shape index (κ3) is 5.37. The highest BCUT2D eigenvalue weighted by atomic mass is 35.5. The molecule has 4 N–H and O–H groups in total. The fourth-order valence-corrected chi connectivity index (χ4v) is 3.73. The summed E-state index contributed by atoms with van der Waals surface area (Å²) in [6, 6.07) is 14.4. The molecule has 1 aliphatic rings. The molecule has 1 aliphatic heterocycles. The van der Waals surface area contributed by atoms with Crippen LogP contribution in [-0.2, 0) is 16.4 Å². The zero-order chi connectivity index (χ0) is 20.1. The lowest BCUT2D eigenvalue weighted by atomic mass is 10.1. The normalized spacial score (nSPS) is 15.7. The maximum atomic E-state index is 11.3. The van der Waals surface area contributed by atoms with Gasteiger partial charge in [0, 0.05) is 43.4 Å². The summed E-state index contributed by atoms with van der Waals surface area (Å²) in [6.07, 6.45) is 0.677. The van der Waals surface area contributed by atoms with Crippen molar-refractivity contribution in [3.8, 4) is 0 Å². The van der Waals surface area contributed by atoms with Gasteiger partial charge in [0.2, 0.25) is 10.0 Å². The Bertz CT molecular complexity index is 922. The Balaban J connectivity index is 1.49. The molecule has 2 aromatic rings. The predicted molar refractivity (Wildman–Crippen MR) is 113 cm³/mol. The van der Waals surface area contributed by atoms with E-state index in [4.69, 9.17) is 22.5 Å². The van der Waals surface area contributed by atoms with Gasteiger partial charge in [-0.15, -0.1) is 0 Å². The van der Waals surface area contributed by atoms with E-state index in [0.29, 0.717) is 18.9 Å². The smallest absolute Gasteiger partial charge is 0.238 e. The van der Waals surface area contributed by atoms with Crippen LogP contribution >= 0.6 is 11.6 Å². The molecule has 28 heavy (non-hydrogen) atoms. The second kappa shape index (κ2) is 8.81. The fraction of sp³-hybridized carbons (Fsp3) is 0.316. The van der Waals surface area contributed by atoms with Crippen LogP contribution in [0.25, 0.3) is 0 Å². The van der Waals surface area contributed by atoms with Crippen molar-refractivity contribution in [1.29, 1.82) is 0 Å². The van der Waals surface area contributed by atoms with Crippen LogP contribution in [0.5, 0.6) is 0 Å². The molecule has 0 amide bonds. The van der Waals surface area contributed by atoms with Gasteiger partial charge < -0.3 is 15.5 Å². The molecule has 0 spiro atoms. The lowest BCUT2D eigenvalue weighted by Gasteiger charge is -2.36. The zero-order valence-electron chi connectivity index (χ0n) is 15.5. The van der Waals surface area contributed by atoms with Gasteiger partial charge in [-0.2, -0.15) is 0 Å². The maximum absolute atomic E-state index is 11.3. The first kappa shape index (κ1) is 20.4. The van der Waals surface area contributed by atoms with Gasteiger partial charge >= 0.3 is 0 Å². The molecule has 0 atom stereocenters. The lowest BCUT2D eigenvalue weighted by molar-refractivity contribution is 0.381. The Kier molecular flexibility index (Phi) is 6.43. The lowest BCUT2D eigenvalue weighted by Crippen LogP contribution is -2.51. The molecule has 2 aromatic carbocycles. The number of guanidine groups is 1. The molecular weight excluding hydrogens is 398 g/mol. The van der Waals surface area contributed by atoms with Gasteiger partial charge in [0.15, 0.2) is 5.96 Å². The largest absolute Gasteiger partial charge is 0.370 e. The van der Waals surface area contributed by atoms with Crippen molar-refractivity contribution in [3.63, 3.8) is 0 Å². The number of nitrogens with zero attached hydrogens (tertiary/aromatic N) is 3. The molecule has 3 rings (SSSR count). The molecule has 0 saturated carbocycles. The maximum Gasteiger partial charge on any atom is 0.238 e. The van der Waals surface area contributed by atoms with Crippen molar-refractivity contribution < 1.29 is 8.42 Å². The molecular formula is C19H24ClN5O2S. The molecule has 1 saturated heterocycles. The average Bonchev–Trinajstić information content (AvgIpc) is 2.68. The minimum Gasteiger partial charge on any atom is -0.370 e. The summed E-state index contributed by atoms with van der Waals surface area (Å²) in [5.74, 6) is 0.539. The summed E-state index contributed by atoms with van der Waals surface area (Å²) in [5, 5.41) is 5.84. The predicted octanol–water partition coefficient (Wildman–Crippen LogP) is 1.67. The molecule has 1 heterocycles. The van der Waals surface area contributed by atoms with Gasteiger partial charge in [-0.05, 0) is 48.4 Å². The molecule has 150 valence electrons.